The first-order valence-electron chi connectivity index (χ1n) is 9.95. The molecule has 0 aliphatic heterocycles. The zero-order valence-electron chi connectivity index (χ0n) is 17.7. The van der Waals surface area contributed by atoms with Gasteiger partial charge in [-0.3, -0.25) is 4.79 Å². The minimum absolute atomic E-state index is 0.148. The summed E-state index contributed by atoms with van der Waals surface area (Å²) in [6.07, 6.45) is 0. The summed E-state index contributed by atoms with van der Waals surface area (Å²) >= 11 is 0. The largest absolute Gasteiger partial charge is 0.336 e. The van der Waals surface area contributed by atoms with Crippen molar-refractivity contribution in [2.75, 3.05) is 31.3 Å². The number of anilines is 2. The van der Waals surface area contributed by atoms with Crippen LogP contribution in [0.1, 0.15) is 22.0 Å². The Labute approximate surface area is 185 Å². The van der Waals surface area contributed by atoms with E-state index in [4.69, 9.17) is 0 Å². The molecule has 3 N–H and O–H groups in total. The molecule has 0 spiro atoms. The van der Waals surface area contributed by atoms with Crippen molar-refractivity contribution in [1.82, 2.24) is 10.2 Å². The lowest BCUT2D eigenvalue weighted by atomic mass is 10.1. The average molecular weight is 438 g/mol. The van der Waals surface area contributed by atoms with Crippen LogP contribution in [-0.4, -0.2) is 37.5 Å². The van der Waals surface area contributed by atoms with Crippen molar-refractivity contribution in [3.8, 4) is 0 Å². The van der Waals surface area contributed by atoms with Crippen LogP contribution < -0.4 is 16.0 Å². The molecule has 166 valence electrons. The third kappa shape index (κ3) is 6.36. The Morgan fingerprint density at radius 2 is 1.50 bits per heavy atom. The Morgan fingerprint density at radius 3 is 2.16 bits per heavy atom. The highest BCUT2D eigenvalue weighted by Crippen LogP contribution is 2.18. The van der Waals surface area contributed by atoms with Crippen molar-refractivity contribution in [3.05, 3.63) is 95.6 Å². The van der Waals surface area contributed by atoms with Crippen molar-refractivity contribution < 1.29 is 18.4 Å². The molecule has 6 nitrogen and oxygen atoms in total. The predicted molar refractivity (Wildman–Crippen MR) is 121 cm³/mol. The Bertz CT molecular complexity index is 1090. The number of likely N-dealkylation sites (N-methyl/N-ethyl adjacent to an activating group) is 1. The summed E-state index contributed by atoms with van der Waals surface area (Å²) in [5.41, 5.74) is 1.94. The van der Waals surface area contributed by atoms with Crippen LogP contribution in [-0.2, 0) is 0 Å². The third-order valence-electron chi connectivity index (χ3n) is 4.80. The first-order valence-corrected chi connectivity index (χ1v) is 9.95. The van der Waals surface area contributed by atoms with E-state index >= 15 is 0 Å². The molecule has 0 heterocycles. The molecule has 0 radical (unpaired) electrons. The molecular formula is C24H24F2N4O2. The highest BCUT2D eigenvalue weighted by molar-refractivity contribution is 6.05. The monoisotopic (exact) mass is 438 g/mol. The SMILES string of the molecule is CN(C)C(CNC(=O)Nc1cccc(C(=O)Nc2cccc(F)c2)c1)c1ccc(F)cc1. The fraction of sp³-hybridized carbons (Fsp3) is 0.167. The molecule has 1 unspecified atom stereocenters. The van der Waals surface area contributed by atoms with Gasteiger partial charge in [-0.1, -0.05) is 24.3 Å². The van der Waals surface area contributed by atoms with Crippen LogP contribution in [0, 0.1) is 11.6 Å². The van der Waals surface area contributed by atoms with Crippen molar-refractivity contribution in [2.45, 2.75) is 6.04 Å². The number of benzene rings is 3. The van der Waals surface area contributed by atoms with E-state index in [9.17, 15) is 18.4 Å². The summed E-state index contributed by atoms with van der Waals surface area (Å²) in [6.45, 7) is 0.296. The first kappa shape index (κ1) is 22.9. The predicted octanol–water partition coefficient (Wildman–Crippen LogP) is 4.64. The molecular weight excluding hydrogens is 414 g/mol. The molecule has 3 rings (SSSR count). The second kappa shape index (κ2) is 10.5. The zero-order valence-corrected chi connectivity index (χ0v) is 17.7. The van der Waals surface area contributed by atoms with Crippen LogP contribution in [0.2, 0.25) is 0 Å². The summed E-state index contributed by atoms with van der Waals surface area (Å²) in [4.78, 5) is 26.8. The van der Waals surface area contributed by atoms with E-state index < -0.39 is 17.8 Å². The summed E-state index contributed by atoms with van der Waals surface area (Å²) < 4.78 is 26.5. The molecule has 0 aromatic heterocycles. The quantitative estimate of drug-likeness (QED) is 0.503. The van der Waals surface area contributed by atoms with Gasteiger partial charge < -0.3 is 20.9 Å². The highest BCUT2D eigenvalue weighted by atomic mass is 19.1. The van der Waals surface area contributed by atoms with E-state index in [0.29, 0.717) is 23.5 Å². The van der Waals surface area contributed by atoms with Crippen molar-refractivity contribution in [2.24, 2.45) is 0 Å². The summed E-state index contributed by atoms with van der Waals surface area (Å²) in [5.74, 6) is -1.20. The van der Waals surface area contributed by atoms with Crippen LogP contribution in [0.4, 0.5) is 25.0 Å². The smallest absolute Gasteiger partial charge is 0.319 e. The van der Waals surface area contributed by atoms with Crippen LogP contribution >= 0.6 is 0 Å². The minimum Gasteiger partial charge on any atom is -0.336 e. The van der Waals surface area contributed by atoms with Gasteiger partial charge in [-0.05, 0) is 68.2 Å². The number of amides is 3. The van der Waals surface area contributed by atoms with Crippen LogP contribution in [0.5, 0.6) is 0 Å². The maximum Gasteiger partial charge on any atom is 0.319 e. The van der Waals surface area contributed by atoms with Gasteiger partial charge >= 0.3 is 6.03 Å². The number of hydrogen-bond acceptors (Lipinski definition) is 3. The van der Waals surface area contributed by atoms with Gasteiger partial charge in [0.1, 0.15) is 11.6 Å². The van der Waals surface area contributed by atoms with Gasteiger partial charge in [-0.15, -0.1) is 0 Å². The lowest BCUT2D eigenvalue weighted by Crippen LogP contribution is -2.36. The Balaban J connectivity index is 1.60. The molecule has 32 heavy (non-hydrogen) atoms. The maximum absolute atomic E-state index is 13.3. The highest BCUT2D eigenvalue weighted by Gasteiger charge is 2.16. The second-order valence-electron chi connectivity index (χ2n) is 7.41. The molecule has 0 saturated heterocycles. The molecule has 3 aromatic carbocycles. The molecule has 0 fully saturated rings. The van der Waals surface area contributed by atoms with Crippen LogP contribution in [0.3, 0.4) is 0 Å². The normalized spacial score (nSPS) is 11.7. The topological polar surface area (TPSA) is 73.5 Å². The molecule has 8 heteroatoms. The minimum atomic E-state index is -0.452. The summed E-state index contributed by atoms with van der Waals surface area (Å²) in [5, 5.41) is 8.10. The van der Waals surface area contributed by atoms with E-state index in [0.717, 1.165) is 5.56 Å². The van der Waals surface area contributed by atoms with E-state index in [2.05, 4.69) is 16.0 Å². The molecule has 3 aromatic rings. The van der Waals surface area contributed by atoms with Crippen molar-refractivity contribution >= 4 is 23.3 Å². The van der Waals surface area contributed by atoms with E-state index in [-0.39, 0.29) is 11.9 Å². The number of carbonyl (C=O) groups is 2. The van der Waals surface area contributed by atoms with Gasteiger partial charge in [0.05, 0.1) is 6.04 Å². The molecule has 1 atom stereocenters. The number of carbonyl (C=O) groups excluding carboxylic acids is 2. The number of urea groups is 1. The lowest BCUT2D eigenvalue weighted by Gasteiger charge is -2.25. The number of nitrogens with one attached hydrogen (secondary N) is 3. The third-order valence-corrected chi connectivity index (χ3v) is 4.80. The van der Waals surface area contributed by atoms with Crippen molar-refractivity contribution in [1.29, 1.82) is 0 Å². The number of halogens is 2. The van der Waals surface area contributed by atoms with Crippen LogP contribution in [0.15, 0.2) is 72.8 Å². The average Bonchev–Trinajstić information content (AvgIpc) is 2.75. The van der Waals surface area contributed by atoms with Gasteiger partial charge in [0.2, 0.25) is 0 Å². The van der Waals surface area contributed by atoms with E-state index in [1.807, 2.05) is 19.0 Å². The summed E-state index contributed by atoms with van der Waals surface area (Å²) in [6, 6.07) is 17.5. The fourth-order valence-electron chi connectivity index (χ4n) is 3.16. The number of hydrogen-bond donors (Lipinski definition) is 3. The molecule has 0 saturated carbocycles. The van der Waals surface area contributed by atoms with Gasteiger partial charge in [0, 0.05) is 23.5 Å². The number of rotatable bonds is 7. The Morgan fingerprint density at radius 1 is 0.844 bits per heavy atom. The van der Waals surface area contributed by atoms with Gasteiger partial charge in [0.25, 0.3) is 5.91 Å². The van der Waals surface area contributed by atoms with Gasteiger partial charge in [0.15, 0.2) is 0 Å². The fourth-order valence-corrected chi connectivity index (χ4v) is 3.16. The summed E-state index contributed by atoms with van der Waals surface area (Å²) in [7, 11) is 3.74. The van der Waals surface area contributed by atoms with E-state index in [1.165, 1.54) is 36.4 Å². The van der Waals surface area contributed by atoms with Gasteiger partial charge in [-0.2, -0.15) is 0 Å². The second-order valence-corrected chi connectivity index (χ2v) is 7.41. The Kier molecular flexibility index (Phi) is 7.51. The van der Waals surface area contributed by atoms with Crippen molar-refractivity contribution in [3.63, 3.8) is 0 Å². The first-order chi connectivity index (χ1) is 15.3. The Hall–Kier alpha value is -3.78. The standard InChI is InChI=1S/C24H24F2N4O2/c1-30(2)22(16-9-11-18(25)12-10-16)15-27-24(32)29-20-7-3-5-17(13-20)23(31)28-21-8-4-6-19(26)14-21/h3-14,22H,15H2,1-2H3,(H,28,31)(H2,27,29,32). The lowest BCUT2D eigenvalue weighted by molar-refractivity contribution is 0.102. The maximum atomic E-state index is 13.3. The molecule has 0 aliphatic rings. The zero-order chi connectivity index (χ0) is 23.1. The van der Waals surface area contributed by atoms with Crippen LogP contribution in [0.25, 0.3) is 0 Å². The molecule has 0 bridgehead atoms. The molecule has 0 aliphatic carbocycles. The number of nitrogens with zero attached hydrogens (tertiary/aromatic N) is 1. The van der Waals surface area contributed by atoms with E-state index in [1.54, 1.807) is 36.4 Å². The molecule has 3 amide bonds. The van der Waals surface area contributed by atoms with Gasteiger partial charge in [-0.25, -0.2) is 13.6 Å².